The van der Waals surface area contributed by atoms with Crippen molar-refractivity contribution in [2.75, 3.05) is 26.4 Å². The molecule has 0 radical (unpaired) electrons. The minimum absolute atomic E-state index is 0.00343. The second-order valence-electron chi connectivity index (χ2n) is 16.7. The Morgan fingerprint density at radius 1 is 0.951 bits per heavy atom. The van der Waals surface area contributed by atoms with Crippen molar-refractivity contribution in [1.29, 1.82) is 0 Å². The molecule has 61 heavy (non-hydrogen) atoms. The van der Waals surface area contributed by atoms with Crippen LogP contribution in [0.2, 0.25) is 0 Å². The first-order valence-corrected chi connectivity index (χ1v) is 20.5. The Balaban J connectivity index is 1.07. The highest BCUT2D eigenvalue weighted by atomic mass is 16.8. The molecule has 332 valence electrons. The van der Waals surface area contributed by atoms with Crippen molar-refractivity contribution in [3.05, 3.63) is 88.5 Å². The van der Waals surface area contributed by atoms with Crippen molar-refractivity contribution in [1.82, 2.24) is 10.6 Å². The first-order valence-electron chi connectivity index (χ1n) is 20.5. The van der Waals surface area contributed by atoms with Gasteiger partial charge in [-0.3, -0.25) is 14.4 Å². The molecular weight excluding hydrogens is 796 g/mol. The molecule has 1 spiro atoms. The highest BCUT2D eigenvalue weighted by Gasteiger charge is 2.55. The molecule has 2 aliphatic carbocycles. The van der Waals surface area contributed by atoms with Crippen LogP contribution in [0.3, 0.4) is 0 Å². The van der Waals surface area contributed by atoms with E-state index in [-0.39, 0.29) is 56.6 Å². The quantitative estimate of drug-likeness (QED) is 0.115. The van der Waals surface area contributed by atoms with Gasteiger partial charge in [-0.15, -0.1) is 0 Å². The largest absolute Gasteiger partial charge is 0.460 e. The molecule has 2 aromatic rings. The number of aliphatic hydroxyl groups is 5. The van der Waals surface area contributed by atoms with E-state index in [4.69, 9.17) is 28.4 Å². The summed E-state index contributed by atoms with van der Waals surface area (Å²) < 4.78 is 35.4. The summed E-state index contributed by atoms with van der Waals surface area (Å²) >= 11 is 0. The Morgan fingerprint density at radius 2 is 1.69 bits per heavy atom. The van der Waals surface area contributed by atoms with Gasteiger partial charge in [0.2, 0.25) is 11.8 Å². The lowest BCUT2D eigenvalue weighted by Gasteiger charge is -2.39. The highest BCUT2D eigenvalue weighted by Crippen LogP contribution is 2.45. The van der Waals surface area contributed by atoms with E-state index >= 15 is 0 Å². The van der Waals surface area contributed by atoms with Crippen molar-refractivity contribution in [3.8, 4) is 0 Å². The van der Waals surface area contributed by atoms with Crippen LogP contribution in [0.5, 0.6) is 0 Å². The third kappa shape index (κ3) is 11.9. The first kappa shape index (κ1) is 46.0. The van der Waals surface area contributed by atoms with Gasteiger partial charge in [0, 0.05) is 44.2 Å². The van der Waals surface area contributed by atoms with Gasteiger partial charge >= 0.3 is 11.9 Å². The molecule has 6 rings (SSSR count). The molecular formula is C44H56N2O15. The van der Waals surface area contributed by atoms with E-state index in [1.807, 2.05) is 24.3 Å². The van der Waals surface area contributed by atoms with E-state index in [0.717, 1.165) is 11.1 Å². The highest BCUT2D eigenvalue weighted by molar-refractivity contribution is 5.94. The molecule has 0 bridgehead atoms. The van der Waals surface area contributed by atoms with E-state index in [1.165, 1.54) is 0 Å². The monoisotopic (exact) mass is 852 g/mol. The molecule has 2 amide bonds. The number of aliphatic hydroxyl groups excluding tert-OH is 5. The average Bonchev–Trinajstić information content (AvgIpc) is 3.78. The van der Waals surface area contributed by atoms with Crippen LogP contribution < -0.4 is 10.6 Å². The summed E-state index contributed by atoms with van der Waals surface area (Å²) in [5.41, 5.74) is 2.61. The van der Waals surface area contributed by atoms with Gasteiger partial charge in [0.05, 0.1) is 31.4 Å². The summed E-state index contributed by atoms with van der Waals surface area (Å²) in [7, 11) is 0. The Hall–Kier alpha value is -4.56. The molecule has 4 aliphatic rings. The molecule has 2 fully saturated rings. The summed E-state index contributed by atoms with van der Waals surface area (Å²) in [6.45, 7) is 4.18. The number of carbonyl (C=O) groups excluding carboxylic acids is 4. The van der Waals surface area contributed by atoms with Crippen LogP contribution in [0.4, 0.5) is 0 Å². The zero-order valence-electron chi connectivity index (χ0n) is 34.4. The number of fused-ring (bicyclic) bond motifs is 2. The van der Waals surface area contributed by atoms with Gasteiger partial charge in [-0.05, 0) is 62.1 Å². The lowest BCUT2D eigenvalue weighted by atomic mass is 9.91. The Bertz CT molecular complexity index is 1920. The predicted molar refractivity (Wildman–Crippen MR) is 215 cm³/mol. The lowest BCUT2D eigenvalue weighted by Crippen LogP contribution is -2.59. The lowest BCUT2D eigenvalue weighted by molar-refractivity contribution is -0.298. The molecule has 17 heteroatoms. The summed E-state index contributed by atoms with van der Waals surface area (Å²) in [5, 5.41) is 54.8. The fourth-order valence-electron chi connectivity index (χ4n) is 7.77. The Morgan fingerprint density at radius 3 is 2.38 bits per heavy atom. The number of hydrogen-bond acceptors (Lipinski definition) is 15. The van der Waals surface area contributed by atoms with Crippen LogP contribution in [-0.4, -0.2) is 142 Å². The predicted octanol–water partition coefficient (Wildman–Crippen LogP) is 0.756. The first-order chi connectivity index (χ1) is 29.1. The van der Waals surface area contributed by atoms with E-state index in [1.54, 1.807) is 63.3 Å². The molecule has 2 aliphatic heterocycles. The molecule has 17 nitrogen and oxygen atoms in total. The van der Waals surface area contributed by atoms with Crippen molar-refractivity contribution in [2.45, 2.75) is 126 Å². The van der Waals surface area contributed by atoms with Gasteiger partial charge in [0.1, 0.15) is 48.3 Å². The third-order valence-electron chi connectivity index (χ3n) is 10.7. The van der Waals surface area contributed by atoms with E-state index in [0.29, 0.717) is 18.4 Å². The topological polar surface area (TPSA) is 249 Å². The molecule has 2 aromatic carbocycles. The van der Waals surface area contributed by atoms with Crippen molar-refractivity contribution >= 4 is 29.8 Å². The van der Waals surface area contributed by atoms with Crippen LogP contribution in [-0.2, 0) is 55.6 Å². The molecule has 0 aromatic heterocycles. The van der Waals surface area contributed by atoms with Crippen molar-refractivity contribution in [3.63, 3.8) is 0 Å². The number of amides is 2. The Kier molecular flexibility index (Phi) is 15.1. The number of ether oxygens (including phenoxy) is 6. The van der Waals surface area contributed by atoms with Crippen LogP contribution in [0.15, 0.2) is 66.3 Å². The maximum atomic E-state index is 13.7. The van der Waals surface area contributed by atoms with E-state index < -0.39 is 96.8 Å². The van der Waals surface area contributed by atoms with Crippen LogP contribution >= 0.6 is 0 Å². The normalized spacial score (nSPS) is 27.2. The summed E-state index contributed by atoms with van der Waals surface area (Å²) in [5.74, 6) is -3.03. The summed E-state index contributed by atoms with van der Waals surface area (Å²) in [6, 6.07) is 13.8. The Labute approximate surface area is 353 Å². The standard InChI is InChI=1S/C44H56N2O15/c1-43(2,3)60-35(50)14-13-30(23-47)46-34(49)15-16-45-40(54)29-19-31(39-32(20-29)59-44(61-39)21-27-10-4-5-11-28(27)22-44)57-41(55)26-12-6-8-25(18-26)9-7-17-56-42-38(53)37(52)36(51)33(24-48)58-42/h4-12,18,20,30-33,36-39,42,47-48,51-53H,13-17,19,21-24H2,1-3H3,(H,45,54)(H,46,49). The number of hydrogen-bond donors (Lipinski definition) is 7. The van der Waals surface area contributed by atoms with Crippen LogP contribution in [0.1, 0.15) is 73.5 Å². The maximum Gasteiger partial charge on any atom is 0.338 e. The van der Waals surface area contributed by atoms with Gasteiger partial charge in [-0.2, -0.15) is 0 Å². The molecule has 9 atom stereocenters. The molecule has 2 heterocycles. The maximum absolute atomic E-state index is 13.7. The van der Waals surface area contributed by atoms with Gasteiger partial charge < -0.3 is 64.6 Å². The summed E-state index contributed by atoms with van der Waals surface area (Å²) in [4.78, 5) is 52.1. The van der Waals surface area contributed by atoms with Gasteiger partial charge in [-0.25, -0.2) is 4.79 Å². The zero-order valence-corrected chi connectivity index (χ0v) is 34.4. The second kappa shape index (κ2) is 20.1. The van der Waals surface area contributed by atoms with Crippen LogP contribution in [0, 0.1) is 0 Å². The fraction of sp³-hybridized carbons (Fsp3) is 0.545. The number of carbonyl (C=O) groups is 4. The molecule has 2 saturated heterocycles. The molecule has 0 saturated carbocycles. The second-order valence-corrected chi connectivity index (χ2v) is 16.7. The number of nitrogens with one attached hydrogen (secondary N) is 2. The van der Waals surface area contributed by atoms with Gasteiger partial charge in [0.15, 0.2) is 12.1 Å². The van der Waals surface area contributed by atoms with Crippen molar-refractivity contribution in [2.24, 2.45) is 0 Å². The molecule has 9 unspecified atom stereocenters. The minimum atomic E-state index is -1.57. The third-order valence-corrected chi connectivity index (χ3v) is 10.7. The van der Waals surface area contributed by atoms with E-state index in [2.05, 4.69) is 10.6 Å². The summed E-state index contributed by atoms with van der Waals surface area (Å²) in [6.07, 6.45) is -3.41. The smallest absolute Gasteiger partial charge is 0.338 e. The average molecular weight is 853 g/mol. The van der Waals surface area contributed by atoms with Gasteiger partial charge in [0.25, 0.3) is 0 Å². The zero-order chi connectivity index (χ0) is 43.9. The van der Waals surface area contributed by atoms with Crippen molar-refractivity contribution < 1.29 is 73.1 Å². The van der Waals surface area contributed by atoms with Crippen LogP contribution in [0.25, 0.3) is 6.08 Å². The SMILES string of the molecule is CC(C)(C)OC(=O)CCC(CO)NC(=O)CCNC(=O)C1=CC2OC3(Cc4ccccc4C3)OC2C(OC(=O)c2cccc(C=CCOC3OC(CO)C(O)C(O)C3O)c2)C1. The molecule has 7 N–H and O–H groups in total. The number of esters is 2. The minimum Gasteiger partial charge on any atom is -0.460 e. The fourth-order valence-corrected chi connectivity index (χ4v) is 7.77. The van der Waals surface area contributed by atoms with Gasteiger partial charge in [-0.1, -0.05) is 48.6 Å². The number of rotatable bonds is 16. The van der Waals surface area contributed by atoms with E-state index in [9.17, 15) is 44.7 Å². The number of benzene rings is 2.